The Kier molecular flexibility index (Phi) is 3.31. The van der Waals surface area contributed by atoms with Crippen LogP contribution in [0.3, 0.4) is 0 Å². The van der Waals surface area contributed by atoms with Gasteiger partial charge in [-0.2, -0.15) is 0 Å². The molecule has 2 aliphatic rings. The topological polar surface area (TPSA) is 32.3 Å². The van der Waals surface area contributed by atoms with Crippen molar-refractivity contribution in [2.45, 2.75) is 31.7 Å². The Bertz CT molecular complexity index is 462. The SMILES string of the molecule is CN1[C@H]2CCCC[C@@H]2CN[P@@]1(=O)c1ccccc1. The van der Waals surface area contributed by atoms with Crippen molar-refractivity contribution in [1.29, 1.82) is 0 Å². The molecule has 0 bridgehead atoms. The van der Waals surface area contributed by atoms with Crippen molar-refractivity contribution in [3.05, 3.63) is 30.3 Å². The zero-order valence-corrected chi connectivity index (χ0v) is 11.8. The molecule has 1 saturated heterocycles. The maximum Gasteiger partial charge on any atom is 0.243 e. The number of hydrogen-bond acceptors (Lipinski definition) is 1. The van der Waals surface area contributed by atoms with E-state index in [-0.39, 0.29) is 0 Å². The third-order valence-electron chi connectivity index (χ3n) is 4.47. The lowest BCUT2D eigenvalue weighted by atomic mass is 9.84. The first kappa shape index (κ1) is 12.4. The molecule has 2 fully saturated rings. The van der Waals surface area contributed by atoms with Crippen LogP contribution in [0.25, 0.3) is 0 Å². The second-order valence-corrected chi connectivity index (χ2v) is 8.07. The van der Waals surface area contributed by atoms with Gasteiger partial charge in [-0.15, -0.1) is 0 Å². The number of benzene rings is 1. The zero-order chi connectivity index (χ0) is 12.6. The van der Waals surface area contributed by atoms with E-state index in [1.165, 1.54) is 25.7 Å². The van der Waals surface area contributed by atoms with E-state index in [2.05, 4.69) is 9.76 Å². The third-order valence-corrected chi connectivity index (χ3v) is 7.26. The lowest BCUT2D eigenvalue weighted by molar-refractivity contribution is 0.180. The summed E-state index contributed by atoms with van der Waals surface area (Å²) in [7, 11) is -0.532. The minimum Gasteiger partial charge on any atom is -0.284 e. The first-order valence-corrected chi connectivity index (χ1v) is 8.52. The Labute approximate surface area is 109 Å². The number of nitrogens with zero attached hydrogens (tertiary/aromatic N) is 1. The predicted molar refractivity (Wildman–Crippen MR) is 75.2 cm³/mol. The van der Waals surface area contributed by atoms with Crippen LogP contribution in [0.5, 0.6) is 0 Å². The van der Waals surface area contributed by atoms with E-state index in [9.17, 15) is 4.57 Å². The van der Waals surface area contributed by atoms with Crippen molar-refractivity contribution in [3.8, 4) is 0 Å². The van der Waals surface area contributed by atoms with E-state index in [0.717, 1.165) is 11.8 Å². The monoisotopic (exact) mass is 264 g/mol. The first-order chi connectivity index (χ1) is 8.72. The van der Waals surface area contributed by atoms with Crippen LogP contribution in [0.2, 0.25) is 0 Å². The molecule has 1 aromatic carbocycles. The number of rotatable bonds is 1. The fourth-order valence-corrected chi connectivity index (χ4v) is 5.93. The second-order valence-electron chi connectivity index (χ2n) is 5.46. The summed E-state index contributed by atoms with van der Waals surface area (Å²) in [6.07, 6.45) is 5.07. The number of nitrogens with one attached hydrogen (secondary N) is 1. The molecule has 1 N–H and O–H groups in total. The van der Waals surface area contributed by atoms with Crippen LogP contribution >= 0.6 is 7.44 Å². The minimum absolute atomic E-state index is 0.492. The van der Waals surface area contributed by atoms with Gasteiger partial charge >= 0.3 is 0 Å². The molecular weight excluding hydrogens is 243 g/mol. The average molecular weight is 264 g/mol. The molecule has 4 heteroatoms. The third kappa shape index (κ3) is 1.95. The smallest absolute Gasteiger partial charge is 0.243 e. The Morgan fingerprint density at radius 1 is 1.22 bits per heavy atom. The highest BCUT2D eigenvalue weighted by atomic mass is 31.2. The molecule has 0 aromatic heterocycles. The van der Waals surface area contributed by atoms with Gasteiger partial charge in [-0.3, -0.25) is 9.65 Å². The van der Waals surface area contributed by atoms with E-state index in [0.29, 0.717) is 12.0 Å². The zero-order valence-electron chi connectivity index (χ0n) is 10.9. The van der Waals surface area contributed by atoms with Crippen molar-refractivity contribution in [3.63, 3.8) is 0 Å². The molecule has 0 amide bonds. The summed E-state index contributed by atoms with van der Waals surface area (Å²) in [6, 6.07) is 10.4. The molecule has 3 nitrogen and oxygen atoms in total. The van der Waals surface area contributed by atoms with Crippen LogP contribution in [0, 0.1) is 5.92 Å². The van der Waals surface area contributed by atoms with Crippen molar-refractivity contribution < 1.29 is 4.57 Å². The molecule has 0 spiro atoms. The van der Waals surface area contributed by atoms with Gasteiger partial charge in [0.05, 0.1) is 0 Å². The van der Waals surface area contributed by atoms with Gasteiger partial charge in [0.2, 0.25) is 7.44 Å². The van der Waals surface area contributed by atoms with Crippen LogP contribution in [-0.2, 0) is 4.57 Å². The quantitative estimate of drug-likeness (QED) is 0.791. The van der Waals surface area contributed by atoms with Crippen LogP contribution < -0.4 is 10.4 Å². The van der Waals surface area contributed by atoms with Gasteiger partial charge in [0.1, 0.15) is 0 Å². The molecule has 0 unspecified atom stereocenters. The summed E-state index contributed by atoms with van der Waals surface area (Å²) in [5, 5.41) is 4.28. The van der Waals surface area contributed by atoms with Crippen molar-refractivity contribution in [2.24, 2.45) is 5.92 Å². The van der Waals surface area contributed by atoms with E-state index in [1.54, 1.807) is 0 Å². The van der Waals surface area contributed by atoms with Crippen LogP contribution in [-0.4, -0.2) is 24.3 Å². The largest absolute Gasteiger partial charge is 0.284 e. The highest BCUT2D eigenvalue weighted by Crippen LogP contribution is 2.51. The summed E-state index contributed by atoms with van der Waals surface area (Å²) < 4.78 is 15.4. The summed E-state index contributed by atoms with van der Waals surface area (Å²) >= 11 is 0. The number of fused-ring (bicyclic) bond motifs is 1. The molecule has 1 aromatic rings. The standard InChI is InChI=1S/C14H21N2OP/c1-16-14-10-6-5-7-12(14)11-15-18(16,17)13-8-3-2-4-9-13/h2-4,8-9,12,14H,5-7,10-11H2,1H3,(H,15,17)/t12-,14+,18+/m1/s1. The maximum absolute atomic E-state index is 13.2. The van der Waals surface area contributed by atoms with Crippen LogP contribution in [0.15, 0.2) is 30.3 Å². The van der Waals surface area contributed by atoms with Gasteiger partial charge in [0.15, 0.2) is 0 Å². The van der Waals surface area contributed by atoms with Crippen molar-refractivity contribution in [2.75, 3.05) is 13.6 Å². The molecule has 1 aliphatic heterocycles. The summed E-state index contributed by atoms with van der Waals surface area (Å²) in [5.41, 5.74) is 0. The van der Waals surface area contributed by atoms with Gasteiger partial charge in [-0.05, 0) is 37.9 Å². The molecule has 18 heavy (non-hydrogen) atoms. The van der Waals surface area contributed by atoms with Crippen LogP contribution in [0.1, 0.15) is 25.7 Å². The molecule has 1 heterocycles. The van der Waals surface area contributed by atoms with Gasteiger partial charge in [-0.1, -0.05) is 31.0 Å². The molecule has 0 radical (unpaired) electrons. The van der Waals surface area contributed by atoms with Crippen LogP contribution in [0.4, 0.5) is 0 Å². The first-order valence-electron chi connectivity index (χ1n) is 6.86. The lowest BCUT2D eigenvalue weighted by Gasteiger charge is -2.46. The lowest BCUT2D eigenvalue weighted by Crippen LogP contribution is -2.51. The highest BCUT2D eigenvalue weighted by molar-refractivity contribution is 7.67. The second kappa shape index (κ2) is 4.80. The predicted octanol–water partition coefficient (Wildman–Crippen LogP) is 2.60. The van der Waals surface area contributed by atoms with Gasteiger partial charge < -0.3 is 0 Å². The molecule has 98 valence electrons. The number of hydrogen-bond donors (Lipinski definition) is 1. The molecule has 3 rings (SSSR count). The van der Waals surface area contributed by atoms with E-state index in [1.807, 2.05) is 37.4 Å². The van der Waals surface area contributed by atoms with E-state index < -0.39 is 7.44 Å². The molecule has 3 atom stereocenters. The average Bonchev–Trinajstić information content (AvgIpc) is 2.44. The molecule has 1 aliphatic carbocycles. The minimum atomic E-state index is -2.56. The fraction of sp³-hybridized carbons (Fsp3) is 0.571. The Morgan fingerprint density at radius 3 is 2.72 bits per heavy atom. The van der Waals surface area contributed by atoms with Gasteiger partial charge in [0.25, 0.3) is 0 Å². The summed E-state index contributed by atoms with van der Waals surface area (Å²) in [4.78, 5) is 0. The van der Waals surface area contributed by atoms with E-state index in [4.69, 9.17) is 0 Å². The van der Waals surface area contributed by atoms with Crippen molar-refractivity contribution >= 4 is 12.7 Å². The van der Waals surface area contributed by atoms with Crippen molar-refractivity contribution in [1.82, 2.24) is 9.76 Å². The van der Waals surface area contributed by atoms with E-state index >= 15 is 0 Å². The summed E-state index contributed by atoms with van der Waals surface area (Å²) in [5.74, 6) is 0.675. The highest BCUT2D eigenvalue weighted by Gasteiger charge is 2.43. The molecular formula is C14H21N2OP. The Hall–Kier alpha value is -0.630. The summed E-state index contributed by atoms with van der Waals surface area (Å²) in [6.45, 7) is 0.904. The fourth-order valence-electron chi connectivity index (χ4n) is 3.38. The van der Waals surface area contributed by atoms with Gasteiger partial charge in [-0.25, -0.2) is 4.67 Å². The molecule has 1 saturated carbocycles. The normalized spacial score (nSPS) is 37.2. The Morgan fingerprint density at radius 2 is 1.94 bits per heavy atom. The Balaban J connectivity index is 1.92. The maximum atomic E-state index is 13.2. The van der Waals surface area contributed by atoms with Gasteiger partial charge in [0, 0.05) is 17.9 Å².